The van der Waals surface area contributed by atoms with E-state index in [0.717, 1.165) is 24.9 Å². The number of nitrogens with one attached hydrogen (secondary N) is 2. The van der Waals surface area contributed by atoms with Gasteiger partial charge in [0, 0.05) is 24.5 Å². The van der Waals surface area contributed by atoms with Gasteiger partial charge in [-0.2, -0.15) is 0 Å². The van der Waals surface area contributed by atoms with Crippen LogP contribution in [-0.4, -0.2) is 54.8 Å². The number of carbonyl (C=O) groups is 3. The Morgan fingerprint density at radius 3 is 2.32 bits per heavy atom. The third-order valence-corrected chi connectivity index (χ3v) is 6.05. The van der Waals surface area contributed by atoms with Crippen LogP contribution in [0.1, 0.15) is 46.0 Å². The van der Waals surface area contributed by atoms with Crippen LogP contribution in [-0.2, 0) is 4.79 Å². The Hall–Kier alpha value is -3.75. The highest BCUT2D eigenvalue weighted by molar-refractivity contribution is 6.30. The van der Waals surface area contributed by atoms with Gasteiger partial charge >= 0.3 is 0 Å². The van der Waals surface area contributed by atoms with Crippen LogP contribution >= 0.6 is 11.6 Å². The SMILES string of the molecule is CCCCN(C)CC(=O)N(C)c1ccc(C(=O)Nc2ccc(C)cc2C(=O)Nc2ccc(Cl)cn2)cc1. The van der Waals surface area contributed by atoms with Gasteiger partial charge in [0.25, 0.3) is 11.8 Å². The second kappa shape index (κ2) is 13.0. The van der Waals surface area contributed by atoms with Gasteiger partial charge < -0.3 is 15.5 Å². The number of aryl methyl sites for hydroxylation is 1. The number of amides is 3. The molecule has 2 N–H and O–H groups in total. The number of hydrogen-bond acceptors (Lipinski definition) is 5. The molecule has 8 nitrogen and oxygen atoms in total. The summed E-state index contributed by atoms with van der Waals surface area (Å²) in [7, 11) is 3.65. The Bertz CT molecular complexity index is 1250. The normalized spacial score (nSPS) is 10.8. The summed E-state index contributed by atoms with van der Waals surface area (Å²) in [6.07, 6.45) is 3.56. The number of aromatic nitrogens is 1. The van der Waals surface area contributed by atoms with Gasteiger partial charge in [0.15, 0.2) is 0 Å². The largest absolute Gasteiger partial charge is 0.321 e. The summed E-state index contributed by atoms with van der Waals surface area (Å²) >= 11 is 5.86. The summed E-state index contributed by atoms with van der Waals surface area (Å²) < 4.78 is 0. The van der Waals surface area contributed by atoms with Crippen molar-refractivity contribution in [3.63, 3.8) is 0 Å². The van der Waals surface area contributed by atoms with Crippen molar-refractivity contribution in [1.29, 1.82) is 0 Å². The standard InChI is InChI=1S/C28H32ClN5O3/c1-5-6-15-33(3)18-26(35)34(4)22-11-8-20(9-12-22)27(36)31-24-13-7-19(2)16-23(24)28(37)32-25-14-10-21(29)17-30-25/h7-14,16-17H,5-6,15,18H2,1-4H3,(H,31,36)(H,30,32,37). The van der Waals surface area contributed by atoms with Gasteiger partial charge in [0.05, 0.1) is 22.8 Å². The van der Waals surface area contributed by atoms with Gasteiger partial charge in [-0.3, -0.25) is 19.3 Å². The molecule has 3 amide bonds. The molecule has 3 rings (SSSR count). The maximum absolute atomic E-state index is 13.0. The number of unbranched alkanes of at least 4 members (excludes halogenated alkanes) is 1. The third-order valence-electron chi connectivity index (χ3n) is 5.83. The summed E-state index contributed by atoms with van der Waals surface area (Å²) in [5.74, 6) is -0.462. The summed E-state index contributed by atoms with van der Waals surface area (Å²) in [6, 6.07) is 15.2. The maximum atomic E-state index is 13.0. The van der Waals surface area contributed by atoms with Crippen LogP contribution in [0.3, 0.4) is 0 Å². The molecule has 0 atom stereocenters. The van der Waals surface area contributed by atoms with E-state index in [2.05, 4.69) is 22.5 Å². The highest BCUT2D eigenvalue weighted by atomic mass is 35.5. The molecule has 3 aromatic rings. The van der Waals surface area contributed by atoms with Crippen molar-refractivity contribution in [3.05, 3.63) is 82.5 Å². The highest BCUT2D eigenvalue weighted by Gasteiger charge is 2.17. The van der Waals surface area contributed by atoms with E-state index in [1.165, 1.54) is 6.20 Å². The van der Waals surface area contributed by atoms with E-state index in [1.807, 2.05) is 24.9 Å². The minimum atomic E-state index is -0.409. The zero-order chi connectivity index (χ0) is 26.9. The number of nitrogens with zero attached hydrogens (tertiary/aromatic N) is 3. The molecule has 0 saturated carbocycles. The summed E-state index contributed by atoms with van der Waals surface area (Å²) in [5.41, 5.74) is 2.63. The first-order valence-electron chi connectivity index (χ1n) is 12.1. The van der Waals surface area contributed by atoms with Gasteiger partial charge in [0.2, 0.25) is 5.91 Å². The average Bonchev–Trinajstić information content (AvgIpc) is 2.89. The Morgan fingerprint density at radius 2 is 1.68 bits per heavy atom. The van der Waals surface area contributed by atoms with Crippen LogP contribution in [0.5, 0.6) is 0 Å². The lowest BCUT2D eigenvalue weighted by Crippen LogP contribution is -2.37. The molecule has 194 valence electrons. The molecule has 9 heteroatoms. The van der Waals surface area contributed by atoms with Crippen molar-refractivity contribution >= 4 is 46.5 Å². The molecule has 0 fully saturated rings. The topological polar surface area (TPSA) is 94.6 Å². The van der Waals surface area contributed by atoms with Crippen molar-refractivity contribution in [3.8, 4) is 0 Å². The number of hydrogen-bond donors (Lipinski definition) is 2. The van der Waals surface area contributed by atoms with E-state index in [0.29, 0.717) is 39.9 Å². The predicted octanol–water partition coefficient (Wildman–Crippen LogP) is 5.24. The van der Waals surface area contributed by atoms with Crippen LogP contribution in [0.4, 0.5) is 17.2 Å². The number of anilines is 3. The fourth-order valence-corrected chi connectivity index (χ4v) is 3.72. The van der Waals surface area contributed by atoms with Crippen molar-refractivity contribution in [2.45, 2.75) is 26.7 Å². The number of pyridine rings is 1. The molecule has 37 heavy (non-hydrogen) atoms. The maximum Gasteiger partial charge on any atom is 0.258 e. The lowest BCUT2D eigenvalue weighted by molar-refractivity contribution is -0.119. The van der Waals surface area contributed by atoms with Crippen LogP contribution in [0, 0.1) is 6.92 Å². The lowest BCUT2D eigenvalue weighted by atomic mass is 10.1. The van der Waals surface area contributed by atoms with E-state index >= 15 is 0 Å². The third kappa shape index (κ3) is 7.87. The van der Waals surface area contributed by atoms with Gasteiger partial charge in [-0.05, 0) is 75.5 Å². The Morgan fingerprint density at radius 1 is 0.946 bits per heavy atom. The molecular formula is C28H32ClN5O3. The van der Waals surface area contributed by atoms with E-state index < -0.39 is 5.91 Å². The molecule has 2 aromatic carbocycles. The zero-order valence-electron chi connectivity index (χ0n) is 21.5. The molecule has 1 heterocycles. The fourth-order valence-electron chi connectivity index (χ4n) is 3.61. The smallest absolute Gasteiger partial charge is 0.258 e. The monoisotopic (exact) mass is 521 g/mol. The lowest BCUT2D eigenvalue weighted by Gasteiger charge is -2.22. The van der Waals surface area contributed by atoms with Gasteiger partial charge in [-0.15, -0.1) is 0 Å². The molecule has 0 saturated heterocycles. The Labute approximate surface area is 222 Å². The van der Waals surface area contributed by atoms with Crippen molar-refractivity contribution < 1.29 is 14.4 Å². The molecule has 1 aromatic heterocycles. The molecule has 0 aliphatic heterocycles. The zero-order valence-corrected chi connectivity index (χ0v) is 22.3. The molecule has 0 aliphatic carbocycles. The van der Waals surface area contributed by atoms with Crippen LogP contribution in [0.15, 0.2) is 60.8 Å². The number of likely N-dealkylation sites (N-methyl/N-ethyl adjacent to an activating group) is 2. The van der Waals surface area contributed by atoms with E-state index in [9.17, 15) is 14.4 Å². The molecule has 0 radical (unpaired) electrons. The molecule has 0 bridgehead atoms. The van der Waals surface area contributed by atoms with E-state index in [-0.39, 0.29) is 11.8 Å². The number of halogens is 1. The van der Waals surface area contributed by atoms with Crippen LogP contribution in [0.25, 0.3) is 0 Å². The van der Waals surface area contributed by atoms with Gasteiger partial charge in [-0.25, -0.2) is 4.98 Å². The highest BCUT2D eigenvalue weighted by Crippen LogP contribution is 2.21. The van der Waals surface area contributed by atoms with E-state index in [1.54, 1.807) is 60.5 Å². The second-order valence-electron chi connectivity index (χ2n) is 8.91. The number of carbonyl (C=O) groups excluding carboxylic acids is 3. The Balaban J connectivity index is 1.69. The van der Waals surface area contributed by atoms with Gasteiger partial charge in [-0.1, -0.05) is 36.6 Å². The summed E-state index contributed by atoms with van der Waals surface area (Å²) in [4.78, 5) is 46.2. The quantitative estimate of drug-likeness (QED) is 0.380. The minimum Gasteiger partial charge on any atom is -0.321 e. The van der Waals surface area contributed by atoms with Crippen molar-refractivity contribution in [1.82, 2.24) is 9.88 Å². The Kier molecular flexibility index (Phi) is 9.77. The molecular weight excluding hydrogens is 490 g/mol. The molecule has 0 aliphatic rings. The summed E-state index contributed by atoms with van der Waals surface area (Å²) in [6.45, 7) is 5.17. The van der Waals surface area contributed by atoms with Crippen LogP contribution in [0.2, 0.25) is 5.02 Å². The fraction of sp³-hybridized carbons (Fsp3) is 0.286. The number of benzene rings is 2. The minimum absolute atomic E-state index is 0.0266. The first kappa shape index (κ1) is 27.8. The first-order chi connectivity index (χ1) is 17.7. The predicted molar refractivity (Wildman–Crippen MR) is 149 cm³/mol. The summed E-state index contributed by atoms with van der Waals surface area (Å²) in [5, 5.41) is 6.00. The van der Waals surface area contributed by atoms with Crippen molar-refractivity contribution in [2.24, 2.45) is 0 Å². The van der Waals surface area contributed by atoms with Crippen LogP contribution < -0.4 is 15.5 Å². The van der Waals surface area contributed by atoms with Gasteiger partial charge in [0.1, 0.15) is 5.82 Å². The van der Waals surface area contributed by atoms with E-state index in [4.69, 9.17) is 11.6 Å². The first-order valence-corrected chi connectivity index (χ1v) is 12.5. The number of rotatable bonds is 10. The molecule has 0 spiro atoms. The molecule has 0 unspecified atom stereocenters. The van der Waals surface area contributed by atoms with Crippen molar-refractivity contribution in [2.75, 3.05) is 42.7 Å². The second-order valence-corrected chi connectivity index (χ2v) is 9.35. The average molecular weight is 522 g/mol.